The van der Waals surface area contributed by atoms with Gasteiger partial charge in [-0.1, -0.05) is 39.3 Å². The monoisotopic (exact) mass is 284 g/mol. The average Bonchev–Trinajstić information content (AvgIpc) is 2.45. The topological polar surface area (TPSA) is 38.7 Å². The second-order valence-corrected chi connectivity index (χ2v) is 6.26. The van der Waals surface area contributed by atoms with Crippen molar-refractivity contribution >= 4 is 0 Å². The first-order valence-electron chi connectivity index (χ1n) is 8.20. The second kappa shape index (κ2) is 8.81. The van der Waals surface area contributed by atoms with Crippen LogP contribution in [0.15, 0.2) is 12.2 Å². The van der Waals surface area contributed by atoms with E-state index in [0.717, 1.165) is 32.1 Å². The molecular weight excluding hydrogens is 252 g/mol. The molecule has 3 heteroatoms. The van der Waals surface area contributed by atoms with Gasteiger partial charge in [0.15, 0.2) is 0 Å². The van der Waals surface area contributed by atoms with E-state index >= 15 is 0 Å². The Morgan fingerprint density at radius 2 is 2.10 bits per heavy atom. The number of aliphatic hydroxyl groups is 1. The third kappa shape index (κ3) is 5.19. The van der Waals surface area contributed by atoms with E-state index in [0.29, 0.717) is 18.3 Å². The molecule has 0 aliphatic carbocycles. The summed E-state index contributed by atoms with van der Waals surface area (Å²) >= 11 is 0. The van der Waals surface area contributed by atoms with Crippen molar-refractivity contribution in [1.29, 1.82) is 0 Å². The molecule has 0 saturated carbocycles. The Balaban J connectivity index is 2.62. The summed E-state index contributed by atoms with van der Waals surface area (Å²) in [6, 6.07) is 0. The molecule has 0 aromatic carbocycles. The van der Waals surface area contributed by atoms with Gasteiger partial charge in [-0.05, 0) is 44.4 Å². The van der Waals surface area contributed by atoms with E-state index in [1.54, 1.807) is 0 Å². The van der Waals surface area contributed by atoms with Crippen LogP contribution in [-0.4, -0.2) is 23.4 Å². The zero-order chi connectivity index (χ0) is 15.0. The van der Waals surface area contributed by atoms with Crippen LogP contribution in [0.3, 0.4) is 0 Å². The first kappa shape index (κ1) is 17.7. The van der Waals surface area contributed by atoms with E-state index in [9.17, 15) is 0 Å². The van der Waals surface area contributed by atoms with E-state index in [1.807, 2.05) is 0 Å². The maximum absolute atomic E-state index is 9.10. The van der Waals surface area contributed by atoms with Crippen molar-refractivity contribution in [2.24, 2.45) is 11.8 Å². The van der Waals surface area contributed by atoms with E-state index in [2.05, 4.69) is 39.8 Å². The van der Waals surface area contributed by atoms with Crippen molar-refractivity contribution in [1.82, 2.24) is 0 Å². The van der Waals surface area contributed by atoms with Gasteiger partial charge < -0.3 is 5.11 Å². The molecule has 1 heterocycles. The standard InChI is InChI=1S/C17H32O3/c1-5-8-9-14(6-2)12-17(4)13-15(7-3)16(10-11-18)19-20-17/h8-9,14-16,18H,5-7,10-13H2,1-4H3/b9-8+/t14-,15+,16+,17-/m0/s1. The van der Waals surface area contributed by atoms with Gasteiger partial charge in [-0.15, -0.1) is 0 Å². The van der Waals surface area contributed by atoms with Crippen LogP contribution in [0.5, 0.6) is 0 Å². The lowest BCUT2D eigenvalue weighted by atomic mass is 9.79. The van der Waals surface area contributed by atoms with Gasteiger partial charge in [0.25, 0.3) is 0 Å². The molecule has 0 unspecified atom stereocenters. The number of aliphatic hydroxyl groups excluding tert-OH is 1. The van der Waals surface area contributed by atoms with Crippen molar-refractivity contribution in [2.75, 3.05) is 6.61 Å². The van der Waals surface area contributed by atoms with Gasteiger partial charge >= 0.3 is 0 Å². The van der Waals surface area contributed by atoms with Gasteiger partial charge in [-0.2, -0.15) is 0 Å². The minimum absolute atomic E-state index is 0.0457. The van der Waals surface area contributed by atoms with Crippen molar-refractivity contribution < 1.29 is 14.9 Å². The van der Waals surface area contributed by atoms with Gasteiger partial charge in [0, 0.05) is 13.0 Å². The van der Waals surface area contributed by atoms with E-state index < -0.39 is 0 Å². The summed E-state index contributed by atoms with van der Waals surface area (Å²) in [5.41, 5.74) is -0.203. The maximum Gasteiger partial charge on any atom is 0.102 e. The smallest absolute Gasteiger partial charge is 0.102 e. The van der Waals surface area contributed by atoms with E-state index in [4.69, 9.17) is 14.9 Å². The molecule has 3 nitrogen and oxygen atoms in total. The van der Waals surface area contributed by atoms with Crippen LogP contribution in [-0.2, 0) is 9.78 Å². The van der Waals surface area contributed by atoms with Crippen LogP contribution in [0.2, 0.25) is 0 Å². The van der Waals surface area contributed by atoms with Gasteiger partial charge in [0.05, 0.1) is 6.10 Å². The zero-order valence-electron chi connectivity index (χ0n) is 13.6. The minimum Gasteiger partial charge on any atom is -0.396 e. The molecule has 0 radical (unpaired) electrons. The maximum atomic E-state index is 9.10. The van der Waals surface area contributed by atoms with Crippen molar-refractivity contribution in [3.63, 3.8) is 0 Å². The molecule has 0 aromatic rings. The normalized spacial score (nSPS) is 32.6. The Kier molecular flexibility index (Phi) is 7.78. The fraction of sp³-hybridized carbons (Fsp3) is 0.882. The summed E-state index contributed by atoms with van der Waals surface area (Å²) in [5, 5.41) is 9.10. The van der Waals surface area contributed by atoms with Crippen LogP contribution in [0.4, 0.5) is 0 Å². The lowest BCUT2D eigenvalue weighted by Gasteiger charge is -2.42. The SMILES string of the molecule is CC/C=C/[C@H](CC)C[C@@]1(C)C[C@@H](CC)[C@@H](CCO)OO1. The number of allylic oxidation sites excluding steroid dienone is 2. The summed E-state index contributed by atoms with van der Waals surface area (Å²) in [5.74, 6) is 1.03. The molecule has 0 bridgehead atoms. The van der Waals surface area contributed by atoms with Gasteiger partial charge in [-0.3, -0.25) is 0 Å². The third-order valence-corrected chi connectivity index (χ3v) is 4.39. The lowest BCUT2D eigenvalue weighted by Crippen LogP contribution is -2.44. The highest BCUT2D eigenvalue weighted by atomic mass is 17.2. The highest BCUT2D eigenvalue weighted by Crippen LogP contribution is 2.38. The molecule has 0 amide bonds. The number of hydrogen-bond acceptors (Lipinski definition) is 3. The van der Waals surface area contributed by atoms with E-state index in [1.165, 1.54) is 0 Å². The first-order chi connectivity index (χ1) is 9.58. The predicted octanol–water partition coefficient (Wildman–Crippen LogP) is 4.26. The Hall–Kier alpha value is -0.380. The fourth-order valence-electron chi connectivity index (χ4n) is 3.14. The van der Waals surface area contributed by atoms with Crippen LogP contribution < -0.4 is 0 Å². The molecule has 1 rings (SSSR count). The summed E-state index contributed by atoms with van der Waals surface area (Å²) in [6.07, 6.45) is 10.6. The molecule has 118 valence electrons. The van der Waals surface area contributed by atoms with Crippen molar-refractivity contribution in [2.45, 2.75) is 77.9 Å². The average molecular weight is 284 g/mol. The number of hydrogen-bond donors (Lipinski definition) is 1. The van der Waals surface area contributed by atoms with Crippen LogP contribution in [0.1, 0.15) is 66.2 Å². The summed E-state index contributed by atoms with van der Waals surface area (Å²) < 4.78 is 0. The Morgan fingerprint density at radius 3 is 2.65 bits per heavy atom. The molecule has 1 saturated heterocycles. The third-order valence-electron chi connectivity index (χ3n) is 4.39. The molecule has 4 atom stereocenters. The number of rotatable bonds is 8. The molecule has 1 aliphatic heterocycles. The van der Waals surface area contributed by atoms with Gasteiger partial charge in [0.1, 0.15) is 5.60 Å². The molecule has 0 aromatic heterocycles. The lowest BCUT2D eigenvalue weighted by molar-refractivity contribution is -0.420. The summed E-state index contributed by atoms with van der Waals surface area (Å²) in [4.78, 5) is 11.3. The highest BCUT2D eigenvalue weighted by molar-refractivity contribution is 4.93. The Morgan fingerprint density at radius 1 is 1.35 bits per heavy atom. The zero-order valence-corrected chi connectivity index (χ0v) is 13.6. The highest BCUT2D eigenvalue weighted by Gasteiger charge is 2.40. The predicted molar refractivity (Wildman–Crippen MR) is 82.3 cm³/mol. The Bertz CT molecular complexity index is 290. The first-order valence-corrected chi connectivity index (χ1v) is 8.20. The molecular formula is C17H32O3. The molecule has 1 aliphatic rings. The fourth-order valence-corrected chi connectivity index (χ4v) is 3.14. The molecule has 20 heavy (non-hydrogen) atoms. The van der Waals surface area contributed by atoms with Crippen LogP contribution >= 0.6 is 0 Å². The summed E-state index contributed by atoms with van der Waals surface area (Å²) in [7, 11) is 0. The largest absolute Gasteiger partial charge is 0.396 e. The molecule has 1 fully saturated rings. The molecule has 1 N–H and O–H groups in total. The quantitative estimate of drug-likeness (QED) is 0.535. The second-order valence-electron chi connectivity index (χ2n) is 6.26. The van der Waals surface area contributed by atoms with Crippen LogP contribution in [0, 0.1) is 11.8 Å². The van der Waals surface area contributed by atoms with Crippen molar-refractivity contribution in [3.05, 3.63) is 12.2 Å². The summed E-state index contributed by atoms with van der Waals surface area (Å²) in [6.45, 7) is 8.91. The van der Waals surface area contributed by atoms with Crippen molar-refractivity contribution in [3.8, 4) is 0 Å². The van der Waals surface area contributed by atoms with E-state index in [-0.39, 0.29) is 18.3 Å². The Labute approximate surface area is 124 Å². The van der Waals surface area contributed by atoms with Gasteiger partial charge in [0.2, 0.25) is 0 Å². The molecule has 0 spiro atoms. The van der Waals surface area contributed by atoms with Crippen LogP contribution in [0.25, 0.3) is 0 Å². The van der Waals surface area contributed by atoms with Gasteiger partial charge in [-0.25, -0.2) is 9.78 Å². The minimum atomic E-state index is -0.203.